The van der Waals surface area contributed by atoms with Crippen LogP contribution in [0.1, 0.15) is 36.6 Å². The first-order valence-electron chi connectivity index (χ1n) is 7.89. The third kappa shape index (κ3) is 7.04. The van der Waals surface area contributed by atoms with E-state index in [1.54, 1.807) is 0 Å². The van der Waals surface area contributed by atoms with Gasteiger partial charge in [-0.1, -0.05) is 6.92 Å². The van der Waals surface area contributed by atoms with Gasteiger partial charge in [-0.3, -0.25) is 4.99 Å². The van der Waals surface area contributed by atoms with Gasteiger partial charge in [-0.15, -0.1) is 35.3 Å². The molecule has 1 saturated heterocycles. The van der Waals surface area contributed by atoms with Crippen molar-refractivity contribution >= 4 is 53.0 Å². The maximum Gasteiger partial charge on any atom is 0.191 e. The molecule has 1 atom stereocenters. The van der Waals surface area contributed by atoms with E-state index >= 15 is 0 Å². The number of aliphatic imine (C=N–C) groups is 1. The van der Waals surface area contributed by atoms with Gasteiger partial charge in [0.15, 0.2) is 5.96 Å². The molecule has 0 aliphatic carbocycles. The number of aromatic nitrogens is 1. The summed E-state index contributed by atoms with van der Waals surface area (Å²) in [6.07, 6.45) is 6.70. The summed E-state index contributed by atoms with van der Waals surface area (Å²) < 4.78 is 0. The van der Waals surface area contributed by atoms with Crippen LogP contribution >= 0.6 is 47.1 Å². The first-order chi connectivity index (χ1) is 10.3. The minimum Gasteiger partial charge on any atom is -0.357 e. The van der Waals surface area contributed by atoms with Crippen molar-refractivity contribution in [2.75, 3.05) is 25.4 Å². The number of rotatable bonds is 7. The van der Waals surface area contributed by atoms with Gasteiger partial charge in [0, 0.05) is 35.8 Å². The summed E-state index contributed by atoms with van der Waals surface area (Å²) in [5, 5.41) is 8.66. The number of nitrogens with zero attached hydrogens (tertiary/aromatic N) is 2. The van der Waals surface area contributed by atoms with Crippen molar-refractivity contribution in [1.82, 2.24) is 15.6 Å². The van der Waals surface area contributed by atoms with Crippen LogP contribution < -0.4 is 10.6 Å². The minimum absolute atomic E-state index is 0. The van der Waals surface area contributed by atoms with Crippen LogP contribution in [0.2, 0.25) is 0 Å². The smallest absolute Gasteiger partial charge is 0.191 e. The van der Waals surface area contributed by atoms with Gasteiger partial charge in [-0.2, -0.15) is 11.8 Å². The highest BCUT2D eigenvalue weighted by atomic mass is 127. The van der Waals surface area contributed by atoms with E-state index in [1.165, 1.54) is 28.5 Å². The fourth-order valence-corrected chi connectivity index (χ4v) is 4.28. The van der Waals surface area contributed by atoms with Gasteiger partial charge in [-0.25, -0.2) is 4.98 Å². The Bertz CT molecular complexity index is 445. The Morgan fingerprint density at radius 3 is 2.91 bits per heavy atom. The van der Waals surface area contributed by atoms with Crippen molar-refractivity contribution in [3.05, 3.63) is 16.1 Å². The summed E-state index contributed by atoms with van der Waals surface area (Å²) in [6, 6.07) is 0. The number of guanidine groups is 1. The maximum atomic E-state index is 4.70. The average Bonchev–Trinajstić information content (AvgIpc) is 3.16. The molecule has 0 aromatic carbocycles. The third-order valence-corrected chi connectivity index (χ3v) is 5.98. The number of nitrogens with one attached hydrogen (secondary N) is 2. The van der Waals surface area contributed by atoms with E-state index in [9.17, 15) is 0 Å². The van der Waals surface area contributed by atoms with Crippen molar-refractivity contribution in [3.8, 4) is 0 Å². The number of halogens is 1. The zero-order valence-electron chi connectivity index (χ0n) is 13.4. The molecule has 2 rings (SSSR count). The Morgan fingerprint density at radius 2 is 2.27 bits per heavy atom. The topological polar surface area (TPSA) is 49.3 Å². The Hall–Kier alpha value is -0.0200. The van der Waals surface area contributed by atoms with Crippen LogP contribution in [0, 0.1) is 0 Å². The molecule has 1 fully saturated rings. The van der Waals surface area contributed by atoms with E-state index in [1.807, 2.05) is 17.5 Å². The highest BCUT2D eigenvalue weighted by Crippen LogP contribution is 2.25. The lowest BCUT2D eigenvalue weighted by molar-refractivity contribution is 0.760. The summed E-state index contributed by atoms with van der Waals surface area (Å²) in [6.45, 7) is 7.00. The monoisotopic (exact) mass is 454 g/mol. The first kappa shape index (κ1) is 20.0. The van der Waals surface area contributed by atoms with Crippen LogP contribution in [-0.2, 0) is 12.8 Å². The van der Waals surface area contributed by atoms with Crippen molar-refractivity contribution in [2.24, 2.45) is 4.99 Å². The summed E-state index contributed by atoms with van der Waals surface area (Å²) in [5.74, 6) is 2.24. The number of hydrogen-bond acceptors (Lipinski definition) is 4. The normalized spacial score (nSPS) is 18.1. The zero-order chi connectivity index (χ0) is 14.9. The van der Waals surface area contributed by atoms with Gasteiger partial charge in [0.25, 0.3) is 0 Å². The fraction of sp³-hybridized carbons (Fsp3) is 0.733. The van der Waals surface area contributed by atoms with Crippen LogP contribution in [0.25, 0.3) is 0 Å². The minimum atomic E-state index is 0. The lowest BCUT2D eigenvalue weighted by Crippen LogP contribution is -2.38. The van der Waals surface area contributed by atoms with E-state index in [4.69, 9.17) is 4.99 Å². The van der Waals surface area contributed by atoms with Crippen molar-refractivity contribution in [3.63, 3.8) is 0 Å². The van der Waals surface area contributed by atoms with Crippen LogP contribution in [0.5, 0.6) is 0 Å². The average molecular weight is 454 g/mol. The lowest BCUT2D eigenvalue weighted by Gasteiger charge is -2.12. The maximum absolute atomic E-state index is 4.70. The molecule has 0 spiro atoms. The molecule has 2 N–H and O–H groups in total. The molecular weight excluding hydrogens is 427 g/mol. The summed E-state index contributed by atoms with van der Waals surface area (Å²) in [5.41, 5.74) is 0. The fourth-order valence-electron chi connectivity index (χ4n) is 2.24. The van der Waals surface area contributed by atoms with E-state index in [0.717, 1.165) is 38.4 Å². The summed E-state index contributed by atoms with van der Waals surface area (Å²) >= 11 is 3.87. The molecule has 1 aromatic heterocycles. The standard InChI is InChI=1S/C15H26N4S2.HI/c1-3-12-10-18-14(21-12)7-8-17-15(16-4-2)19-11-13-6-5-9-20-13;/h10,13H,3-9,11H2,1-2H3,(H2,16,17,19);1H. The van der Waals surface area contributed by atoms with Crippen molar-refractivity contribution in [1.29, 1.82) is 0 Å². The van der Waals surface area contributed by atoms with Gasteiger partial charge >= 0.3 is 0 Å². The van der Waals surface area contributed by atoms with Crippen LogP contribution in [-0.4, -0.2) is 41.6 Å². The van der Waals surface area contributed by atoms with Crippen LogP contribution in [0.4, 0.5) is 0 Å². The van der Waals surface area contributed by atoms with Crippen LogP contribution in [0.3, 0.4) is 0 Å². The van der Waals surface area contributed by atoms with E-state index in [2.05, 4.69) is 41.2 Å². The highest BCUT2D eigenvalue weighted by molar-refractivity contribution is 14.0. The zero-order valence-corrected chi connectivity index (χ0v) is 17.4. The molecule has 0 saturated carbocycles. The van der Waals surface area contributed by atoms with Gasteiger partial charge < -0.3 is 10.6 Å². The number of aryl methyl sites for hydroxylation is 1. The van der Waals surface area contributed by atoms with E-state index in [-0.39, 0.29) is 24.0 Å². The van der Waals surface area contributed by atoms with Gasteiger partial charge in [-0.05, 0) is 31.9 Å². The molecule has 126 valence electrons. The Balaban J connectivity index is 0.00000242. The second-order valence-electron chi connectivity index (χ2n) is 5.11. The second-order valence-corrected chi connectivity index (χ2v) is 7.71. The van der Waals surface area contributed by atoms with Gasteiger partial charge in [0.05, 0.1) is 11.6 Å². The molecule has 22 heavy (non-hydrogen) atoms. The summed E-state index contributed by atoms with van der Waals surface area (Å²) in [7, 11) is 0. The Labute approximate surface area is 159 Å². The molecule has 1 aliphatic heterocycles. The molecule has 0 radical (unpaired) electrons. The summed E-state index contributed by atoms with van der Waals surface area (Å²) in [4.78, 5) is 10.5. The number of hydrogen-bond donors (Lipinski definition) is 2. The second kappa shape index (κ2) is 11.5. The van der Waals surface area contributed by atoms with Crippen LogP contribution in [0.15, 0.2) is 11.2 Å². The predicted molar refractivity (Wildman–Crippen MR) is 110 cm³/mol. The molecular formula is C15H27IN4S2. The molecule has 0 bridgehead atoms. The van der Waals surface area contributed by atoms with Gasteiger partial charge in [0.2, 0.25) is 0 Å². The molecule has 7 heteroatoms. The van der Waals surface area contributed by atoms with Crippen molar-refractivity contribution < 1.29 is 0 Å². The SMILES string of the molecule is CCNC(=NCC1CCCS1)NCCc1ncc(CC)s1.I. The Kier molecular flexibility index (Phi) is 10.5. The third-order valence-electron chi connectivity index (χ3n) is 3.40. The molecule has 2 heterocycles. The first-order valence-corrected chi connectivity index (χ1v) is 9.75. The Morgan fingerprint density at radius 1 is 1.41 bits per heavy atom. The highest BCUT2D eigenvalue weighted by Gasteiger charge is 2.14. The quantitative estimate of drug-likeness (QED) is 0.377. The number of thioether (sulfide) groups is 1. The molecule has 4 nitrogen and oxygen atoms in total. The molecule has 1 aliphatic rings. The molecule has 0 amide bonds. The largest absolute Gasteiger partial charge is 0.357 e. The van der Waals surface area contributed by atoms with E-state index < -0.39 is 0 Å². The number of thiazole rings is 1. The lowest BCUT2D eigenvalue weighted by atomic mass is 10.2. The predicted octanol–water partition coefficient (Wildman–Crippen LogP) is 3.32. The molecule has 1 aromatic rings. The van der Waals surface area contributed by atoms with Gasteiger partial charge in [0.1, 0.15) is 0 Å². The van der Waals surface area contributed by atoms with E-state index in [0.29, 0.717) is 5.25 Å². The molecule has 1 unspecified atom stereocenters. The van der Waals surface area contributed by atoms with Crippen molar-refractivity contribution in [2.45, 2.75) is 44.8 Å².